The topological polar surface area (TPSA) is 0 Å². The fraction of sp³-hybridized carbons (Fsp3) is 0.714. The standard InChI is InChI=1S/C14H22/c1-4-5-6-13-11-7-8-12(9-11)14(13)10(2)3/h7-8,11-13H,4-6,9H2,1-3H3. The highest BCUT2D eigenvalue weighted by Gasteiger charge is 2.39. The number of unbranched alkanes of at least 4 members (excludes halogenated alkanes) is 1. The molecule has 0 aromatic rings. The molecule has 2 aliphatic rings. The molecular weight excluding hydrogens is 168 g/mol. The highest BCUT2D eigenvalue weighted by molar-refractivity contribution is 5.33. The van der Waals surface area contributed by atoms with Crippen LogP contribution in [0.3, 0.4) is 0 Å². The van der Waals surface area contributed by atoms with Crippen molar-refractivity contribution in [3.05, 3.63) is 23.3 Å². The third-order valence-corrected chi connectivity index (χ3v) is 3.88. The maximum atomic E-state index is 2.47. The molecule has 0 N–H and O–H groups in total. The van der Waals surface area contributed by atoms with Gasteiger partial charge in [-0.15, -0.1) is 0 Å². The van der Waals surface area contributed by atoms with Gasteiger partial charge < -0.3 is 0 Å². The quantitative estimate of drug-likeness (QED) is 0.581. The third kappa shape index (κ3) is 1.55. The van der Waals surface area contributed by atoms with Crippen LogP contribution in [0.25, 0.3) is 0 Å². The van der Waals surface area contributed by atoms with Crippen LogP contribution in [0, 0.1) is 17.8 Å². The Bertz CT molecular complexity index is 266. The Labute approximate surface area is 88.1 Å². The zero-order valence-corrected chi connectivity index (χ0v) is 9.72. The fourth-order valence-corrected chi connectivity index (χ4v) is 3.30. The summed E-state index contributed by atoms with van der Waals surface area (Å²) in [5, 5.41) is 0. The SMILES string of the molecule is CCCCC1C(=C(C)C)C2C=CC1C2. The van der Waals surface area contributed by atoms with Crippen molar-refractivity contribution < 1.29 is 0 Å². The largest absolute Gasteiger partial charge is 0.0842 e. The molecule has 2 rings (SSSR count). The first-order valence-corrected chi connectivity index (χ1v) is 6.09. The molecule has 0 radical (unpaired) electrons. The highest BCUT2D eigenvalue weighted by Crippen LogP contribution is 2.50. The third-order valence-electron chi connectivity index (χ3n) is 3.88. The Hall–Kier alpha value is -0.520. The van der Waals surface area contributed by atoms with Gasteiger partial charge in [0.25, 0.3) is 0 Å². The smallest absolute Gasteiger partial charge is 0.00119 e. The van der Waals surface area contributed by atoms with Gasteiger partial charge in [0.1, 0.15) is 0 Å². The number of allylic oxidation sites excluding steroid dienone is 4. The summed E-state index contributed by atoms with van der Waals surface area (Å²) in [6.45, 7) is 6.89. The van der Waals surface area contributed by atoms with Crippen molar-refractivity contribution in [1.82, 2.24) is 0 Å². The molecule has 0 amide bonds. The molecule has 0 heterocycles. The van der Waals surface area contributed by atoms with Crippen molar-refractivity contribution in [2.24, 2.45) is 17.8 Å². The van der Waals surface area contributed by atoms with Crippen LogP contribution in [0.5, 0.6) is 0 Å². The Morgan fingerprint density at radius 2 is 2.14 bits per heavy atom. The molecule has 14 heavy (non-hydrogen) atoms. The lowest BCUT2D eigenvalue weighted by Gasteiger charge is -2.22. The molecule has 3 unspecified atom stereocenters. The summed E-state index contributed by atoms with van der Waals surface area (Å²) in [7, 11) is 0. The van der Waals surface area contributed by atoms with E-state index < -0.39 is 0 Å². The molecular formula is C14H22. The second kappa shape index (κ2) is 3.92. The van der Waals surface area contributed by atoms with E-state index in [4.69, 9.17) is 0 Å². The zero-order valence-electron chi connectivity index (χ0n) is 9.72. The summed E-state index contributed by atoms with van der Waals surface area (Å²) in [4.78, 5) is 0. The molecule has 0 aromatic carbocycles. The molecule has 78 valence electrons. The molecule has 1 saturated carbocycles. The predicted molar refractivity (Wildman–Crippen MR) is 62.1 cm³/mol. The number of hydrogen-bond donors (Lipinski definition) is 0. The monoisotopic (exact) mass is 190 g/mol. The van der Waals surface area contributed by atoms with Gasteiger partial charge in [0, 0.05) is 0 Å². The van der Waals surface area contributed by atoms with Crippen molar-refractivity contribution in [1.29, 1.82) is 0 Å². The molecule has 0 aromatic heterocycles. The minimum atomic E-state index is 0.812. The second-order valence-corrected chi connectivity index (χ2v) is 5.10. The predicted octanol–water partition coefficient (Wildman–Crippen LogP) is 4.34. The fourth-order valence-electron chi connectivity index (χ4n) is 3.30. The lowest BCUT2D eigenvalue weighted by Crippen LogP contribution is -2.11. The van der Waals surface area contributed by atoms with Crippen LogP contribution in [0.2, 0.25) is 0 Å². The summed E-state index contributed by atoms with van der Waals surface area (Å²) in [6.07, 6.45) is 10.5. The number of rotatable bonds is 3. The average molecular weight is 190 g/mol. The van der Waals surface area contributed by atoms with Crippen LogP contribution in [0.15, 0.2) is 23.3 Å². The summed E-state index contributed by atoms with van der Waals surface area (Å²) >= 11 is 0. The molecule has 2 bridgehead atoms. The van der Waals surface area contributed by atoms with Gasteiger partial charge in [-0.05, 0) is 44.4 Å². The first-order chi connectivity index (χ1) is 6.74. The van der Waals surface area contributed by atoms with E-state index >= 15 is 0 Å². The molecule has 3 atom stereocenters. The normalized spacial score (nSPS) is 34.2. The van der Waals surface area contributed by atoms with Crippen LogP contribution in [-0.2, 0) is 0 Å². The van der Waals surface area contributed by atoms with E-state index in [9.17, 15) is 0 Å². The van der Waals surface area contributed by atoms with Gasteiger partial charge in [-0.3, -0.25) is 0 Å². The van der Waals surface area contributed by atoms with Gasteiger partial charge in [0.05, 0.1) is 0 Å². The Morgan fingerprint density at radius 3 is 2.79 bits per heavy atom. The Morgan fingerprint density at radius 1 is 1.36 bits per heavy atom. The van der Waals surface area contributed by atoms with Gasteiger partial charge >= 0.3 is 0 Å². The van der Waals surface area contributed by atoms with E-state index in [0.29, 0.717) is 0 Å². The van der Waals surface area contributed by atoms with Crippen LogP contribution >= 0.6 is 0 Å². The maximum Gasteiger partial charge on any atom is -0.00119 e. The average Bonchev–Trinajstić information content (AvgIpc) is 2.72. The minimum absolute atomic E-state index is 0.812. The van der Waals surface area contributed by atoms with E-state index in [1.54, 1.807) is 11.1 Å². The summed E-state index contributed by atoms with van der Waals surface area (Å²) in [5.74, 6) is 2.60. The summed E-state index contributed by atoms with van der Waals surface area (Å²) in [6, 6.07) is 0. The zero-order chi connectivity index (χ0) is 10.1. The van der Waals surface area contributed by atoms with E-state index in [1.165, 1.54) is 25.7 Å². The van der Waals surface area contributed by atoms with Crippen LogP contribution in [0.4, 0.5) is 0 Å². The Balaban J connectivity index is 2.15. The molecule has 2 aliphatic carbocycles. The van der Waals surface area contributed by atoms with Crippen molar-refractivity contribution in [2.75, 3.05) is 0 Å². The van der Waals surface area contributed by atoms with Gasteiger partial charge in [0.15, 0.2) is 0 Å². The van der Waals surface area contributed by atoms with Gasteiger partial charge in [-0.2, -0.15) is 0 Å². The van der Waals surface area contributed by atoms with E-state index in [1.807, 2.05) is 0 Å². The van der Waals surface area contributed by atoms with Crippen LogP contribution < -0.4 is 0 Å². The van der Waals surface area contributed by atoms with Crippen molar-refractivity contribution in [3.63, 3.8) is 0 Å². The van der Waals surface area contributed by atoms with E-state index in [-0.39, 0.29) is 0 Å². The molecule has 0 heteroatoms. The molecule has 0 spiro atoms. The van der Waals surface area contributed by atoms with Gasteiger partial charge in [0.2, 0.25) is 0 Å². The highest BCUT2D eigenvalue weighted by atomic mass is 14.4. The first-order valence-electron chi connectivity index (χ1n) is 6.09. The summed E-state index contributed by atoms with van der Waals surface area (Å²) < 4.78 is 0. The first kappa shape index (κ1) is 10.0. The van der Waals surface area contributed by atoms with Gasteiger partial charge in [-0.25, -0.2) is 0 Å². The lowest BCUT2D eigenvalue weighted by molar-refractivity contribution is 0.457. The van der Waals surface area contributed by atoms with Gasteiger partial charge in [-0.1, -0.05) is 43.1 Å². The van der Waals surface area contributed by atoms with E-state index in [0.717, 1.165) is 17.8 Å². The van der Waals surface area contributed by atoms with E-state index in [2.05, 4.69) is 32.9 Å². The molecule has 0 nitrogen and oxygen atoms in total. The number of fused-ring (bicyclic) bond motifs is 2. The molecule has 0 saturated heterocycles. The summed E-state index contributed by atoms with van der Waals surface area (Å²) in [5.41, 5.74) is 3.37. The van der Waals surface area contributed by atoms with Crippen molar-refractivity contribution in [3.8, 4) is 0 Å². The lowest BCUT2D eigenvalue weighted by atomic mass is 9.83. The van der Waals surface area contributed by atoms with Crippen molar-refractivity contribution in [2.45, 2.75) is 46.5 Å². The van der Waals surface area contributed by atoms with Crippen LogP contribution in [0.1, 0.15) is 46.5 Å². The molecule has 0 aliphatic heterocycles. The second-order valence-electron chi connectivity index (χ2n) is 5.10. The van der Waals surface area contributed by atoms with Crippen LogP contribution in [-0.4, -0.2) is 0 Å². The number of hydrogen-bond acceptors (Lipinski definition) is 0. The molecule has 1 fully saturated rings. The Kier molecular flexibility index (Phi) is 2.80. The minimum Gasteiger partial charge on any atom is -0.0842 e. The van der Waals surface area contributed by atoms with Crippen molar-refractivity contribution >= 4 is 0 Å². The maximum absolute atomic E-state index is 2.47.